The Bertz CT molecular complexity index is 1690. The van der Waals surface area contributed by atoms with Crippen LogP contribution in [0.15, 0.2) is 83.2 Å². The van der Waals surface area contributed by atoms with Gasteiger partial charge in [-0.25, -0.2) is 4.98 Å². The number of fused-ring (bicyclic) bond motifs is 1. The van der Waals surface area contributed by atoms with E-state index in [2.05, 4.69) is 17.0 Å². The van der Waals surface area contributed by atoms with E-state index < -0.39 is 0 Å². The van der Waals surface area contributed by atoms with Crippen LogP contribution < -0.4 is 20.3 Å². The van der Waals surface area contributed by atoms with E-state index in [0.29, 0.717) is 57.5 Å². The van der Waals surface area contributed by atoms with E-state index >= 15 is 0 Å². The molecule has 1 aromatic heterocycles. The molecule has 0 unspecified atom stereocenters. The zero-order chi connectivity index (χ0) is 30.2. The number of hydrogen-bond donors (Lipinski definition) is 1. The molecule has 0 radical (unpaired) electrons. The third kappa shape index (κ3) is 7.32. The molecule has 8 nitrogen and oxygen atoms in total. The number of nitrogens with zero attached hydrogens (tertiary/aromatic N) is 3. The minimum absolute atomic E-state index is 0.174. The van der Waals surface area contributed by atoms with Gasteiger partial charge in [0.15, 0.2) is 18.1 Å². The van der Waals surface area contributed by atoms with E-state index in [1.165, 1.54) is 11.1 Å². The van der Waals surface area contributed by atoms with Gasteiger partial charge < -0.3 is 14.8 Å². The van der Waals surface area contributed by atoms with Crippen molar-refractivity contribution < 1.29 is 14.3 Å². The second-order valence-corrected chi connectivity index (χ2v) is 10.9. The summed E-state index contributed by atoms with van der Waals surface area (Å²) in [6, 6.07) is 17.9. The molecule has 1 amide bonds. The number of benzene rings is 3. The first-order valence-electron chi connectivity index (χ1n) is 14.6. The SMILES string of the molecule is C=CCc1cc(C=Nn2c(C3CCCCC3)nc3ccccc3c2=O)cc(OCC)c1OCC(=O)Nc1ccc(Cl)cc1. The Morgan fingerprint density at radius 3 is 2.63 bits per heavy atom. The molecule has 1 saturated carbocycles. The van der Waals surface area contributed by atoms with Gasteiger partial charge >= 0.3 is 0 Å². The molecule has 222 valence electrons. The minimum atomic E-state index is -0.321. The largest absolute Gasteiger partial charge is 0.490 e. The zero-order valence-corrected chi connectivity index (χ0v) is 25.0. The zero-order valence-electron chi connectivity index (χ0n) is 24.2. The fourth-order valence-electron chi connectivity index (χ4n) is 5.36. The van der Waals surface area contributed by atoms with Crippen molar-refractivity contribution >= 4 is 40.3 Å². The Labute approximate surface area is 256 Å². The van der Waals surface area contributed by atoms with Gasteiger partial charge in [0.2, 0.25) is 0 Å². The predicted octanol–water partition coefficient (Wildman–Crippen LogP) is 7.12. The Morgan fingerprint density at radius 1 is 1.12 bits per heavy atom. The minimum Gasteiger partial charge on any atom is -0.490 e. The predicted molar refractivity (Wildman–Crippen MR) is 172 cm³/mol. The van der Waals surface area contributed by atoms with Crippen LogP contribution in [0, 0.1) is 0 Å². The smallest absolute Gasteiger partial charge is 0.282 e. The fourth-order valence-corrected chi connectivity index (χ4v) is 5.49. The van der Waals surface area contributed by atoms with Crippen molar-refractivity contribution in [3.63, 3.8) is 0 Å². The van der Waals surface area contributed by atoms with Crippen LogP contribution in [0.3, 0.4) is 0 Å². The molecule has 1 N–H and O–H groups in total. The lowest BCUT2D eigenvalue weighted by Crippen LogP contribution is -2.25. The van der Waals surface area contributed by atoms with Crippen molar-refractivity contribution in [1.82, 2.24) is 9.66 Å². The summed E-state index contributed by atoms with van der Waals surface area (Å²) < 4.78 is 13.4. The Kier molecular flexibility index (Phi) is 9.89. The number of aromatic nitrogens is 2. The van der Waals surface area contributed by atoms with Crippen molar-refractivity contribution in [2.75, 3.05) is 18.5 Å². The van der Waals surface area contributed by atoms with Gasteiger partial charge in [0.1, 0.15) is 5.82 Å². The summed E-state index contributed by atoms with van der Waals surface area (Å²) in [4.78, 5) is 31.1. The third-order valence-electron chi connectivity index (χ3n) is 7.37. The highest BCUT2D eigenvalue weighted by molar-refractivity contribution is 6.30. The molecule has 9 heteroatoms. The summed E-state index contributed by atoms with van der Waals surface area (Å²) in [5.74, 6) is 1.48. The van der Waals surface area contributed by atoms with Gasteiger partial charge in [0.05, 0.1) is 23.7 Å². The van der Waals surface area contributed by atoms with E-state index in [4.69, 9.17) is 26.1 Å². The molecule has 1 aliphatic rings. The van der Waals surface area contributed by atoms with Crippen LogP contribution in [0.4, 0.5) is 5.69 Å². The second-order valence-electron chi connectivity index (χ2n) is 10.5. The van der Waals surface area contributed by atoms with Crippen LogP contribution in [0.1, 0.15) is 61.9 Å². The summed E-state index contributed by atoms with van der Waals surface area (Å²) in [5.41, 5.74) is 2.61. The number of anilines is 1. The molecular formula is C34H35ClN4O4. The van der Waals surface area contributed by atoms with E-state index in [9.17, 15) is 9.59 Å². The van der Waals surface area contributed by atoms with Gasteiger partial charge in [0.25, 0.3) is 11.5 Å². The maximum absolute atomic E-state index is 13.6. The molecule has 0 aliphatic heterocycles. The number of hydrogen-bond acceptors (Lipinski definition) is 6. The molecule has 0 spiro atoms. The summed E-state index contributed by atoms with van der Waals surface area (Å²) in [5, 5.41) is 8.59. The first-order chi connectivity index (χ1) is 21.0. The normalized spacial score (nSPS) is 13.7. The van der Waals surface area contributed by atoms with Crippen LogP contribution in [-0.2, 0) is 11.2 Å². The number of para-hydroxylation sites is 1. The number of rotatable bonds is 11. The fraction of sp³-hybridized carbons (Fsp3) is 0.294. The number of carbonyl (C=O) groups is 1. The van der Waals surface area contributed by atoms with Crippen molar-refractivity contribution in [1.29, 1.82) is 0 Å². The first kappa shape index (κ1) is 30.0. The summed E-state index contributed by atoms with van der Waals surface area (Å²) >= 11 is 5.94. The van der Waals surface area contributed by atoms with Crippen LogP contribution in [0.2, 0.25) is 5.02 Å². The average Bonchev–Trinajstić information content (AvgIpc) is 3.02. The first-order valence-corrected chi connectivity index (χ1v) is 15.0. The van der Waals surface area contributed by atoms with E-state index in [1.807, 2.05) is 31.2 Å². The van der Waals surface area contributed by atoms with Crippen molar-refractivity contribution in [3.05, 3.63) is 106 Å². The number of halogens is 1. The molecule has 1 heterocycles. The molecule has 1 fully saturated rings. The number of nitrogens with one attached hydrogen (secondary N) is 1. The number of carbonyl (C=O) groups excluding carboxylic acids is 1. The summed E-state index contributed by atoms with van der Waals surface area (Å²) in [6.07, 6.45) is 9.26. The van der Waals surface area contributed by atoms with Gasteiger partial charge in [-0.15, -0.1) is 6.58 Å². The van der Waals surface area contributed by atoms with E-state index in [0.717, 1.165) is 31.2 Å². The molecule has 43 heavy (non-hydrogen) atoms. The van der Waals surface area contributed by atoms with Gasteiger partial charge in [-0.1, -0.05) is 49.1 Å². The molecule has 5 rings (SSSR count). The van der Waals surface area contributed by atoms with Crippen LogP contribution in [0.25, 0.3) is 10.9 Å². The van der Waals surface area contributed by atoms with Crippen LogP contribution >= 0.6 is 11.6 Å². The lowest BCUT2D eigenvalue weighted by molar-refractivity contribution is -0.118. The maximum Gasteiger partial charge on any atom is 0.282 e. The third-order valence-corrected chi connectivity index (χ3v) is 7.62. The highest BCUT2D eigenvalue weighted by Gasteiger charge is 2.22. The molecule has 1 aliphatic carbocycles. The standard InChI is InChI=1S/C34H35ClN4O4/c1-3-10-25-19-23(20-30(42-4-2)32(25)43-22-31(40)37-27-17-15-26(35)16-18-27)21-36-39-33(24-11-6-5-7-12-24)38-29-14-9-8-13-28(29)34(39)41/h3,8-9,13-21,24H,1,4-7,10-12,22H2,2H3,(H,37,40). The number of ether oxygens (including phenoxy) is 2. The van der Waals surface area contributed by atoms with Crippen LogP contribution in [-0.4, -0.2) is 35.0 Å². The van der Waals surface area contributed by atoms with Crippen molar-refractivity contribution in [3.8, 4) is 11.5 Å². The van der Waals surface area contributed by atoms with Crippen molar-refractivity contribution in [2.45, 2.75) is 51.4 Å². The lowest BCUT2D eigenvalue weighted by atomic mass is 9.88. The molecule has 0 atom stereocenters. The molecule has 0 saturated heterocycles. The maximum atomic E-state index is 13.6. The molecule has 4 aromatic rings. The van der Waals surface area contributed by atoms with Gasteiger partial charge in [-0.05, 0) is 80.3 Å². The Balaban J connectivity index is 1.46. The quantitative estimate of drug-likeness (QED) is 0.146. The summed E-state index contributed by atoms with van der Waals surface area (Å²) in [7, 11) is 0. The average molecular weight is 599 g/mol. The number of amides is 1. The Hall–Kier alpha value is -4.43. The van der Waals surface area contributed by atoms with E-state index in [-0.39, 0.29) is 24.0 Å². The summed E-state index contributed by atoms with van der Waals surface area (Å²) in [6.45, 7) is 5.93. The monoisotopic (exact) mass is 598 g/mol. The molecular weight excluding hydrogens is 564 g/mol. The van der Waals surface area contributed by atoms with Gasteiger partial charge in [-0.3, -0.25) is 9.59 Å². The van der Waals surface area contributed by atoms with Crippen LogP contribution in [0.5, 0.6) is 11.5 Å². The molecule has 0 bridgehead atoms. The lowest BCUT2D eigenvalue weighted by Gasteiger charge is -2.22. The number of allylic oxidation sites excluding steroid dienone is 1. The van der Waals surface area contributed by atoms with E-state index in [1.54, 1.807) is 48.7 Å². The van der Waals surface area contributed by atoms with Gasteiger partial charge in [0, 0.05) is 22.2 Å². The van der Waals surface area contributed by atoms with Gasteiger partial charge in [-0.2, -0.15) is 9.78 Å². The highest BCUT2D eigenvalue weighted by Crippen LogP contribution is 2.34. The topological polar surface area (TPSA) is 94.8 Å². The molecule has 3 aromatic carbocycles. The van der Waals surface area contributed by atoms with Crippen molar-refractivity contribution in [2.24, 2.45) is 5.10 Å². The highest BCUT2D eigenvalue weighted by atomic mass is 35.5. The Morgan fingerprint density at radius 2 is 1.88 bits per heavy atom. The second kappa shape index (κ2) is 14.2.